The van der Waals surface area contributed by atoms with Crippen LogP contribution in [0.1, 0.15) is 22.1 Å². The fourth-order valence-electron chi connectivity index (χ4n) is 2.70. The Hall–Kier alpha value is -3.29. The van der Waals surface area contributed by atoms with E-state index >= 15 is 0 Å². The predicted molar refractivity (Wildman–Crippen MR) is 79.5 cm³/mol. The molecule has 8 heteroatoms. The van der Waals surface area contributed by atoms with Crippen LogP contribution in [-0.2, 0) is 0 Å². The molecule has 0 fully saturated rings. The summed E-state index contributed by atoms with van der Waals surface area (Å²) in [6.45, 7) is 0.0171. The quantitative estimate of drug-likeness (QED) is 0.650. The van der Waals surface area contributed by atoms with Crippen LogP contribution in [0, 0.1) is 10.1 Å². The molecule has 0 saturated carbocycles. The third-order valence-electron chi connectivity index (χ3n) is 3.78. The minimum absolute atomic E-state index is 0.0171. The molecule has 2 aromatic rings. The number of nitrogens with zero attached hydrogens (tertiary/aromatic N) is 1. The highest BCUT2D eigenvalue weighted by molar-refractivity contribution is 6.01. The summed E-state index contributed by atoms with van der Waals surface area (Å²) in [5.41, 5.74) is 1.27. The second kappa shape index (κ2) is 4.87. The van der Waals surface area contributed by atoms with Crippen molar-refractivity contribution in [3.63, 3.8) is 0 Å². The van der Waals surface area contributed by atoms with Crippen molar-refractivity contribution in [1.82, 2.24) is 5.32 Å². The molecule has 0 aliphatic carbocycles. The van der Waals surface area contributed by atoms with Gasteiger partial charge < -0.3 is 20.1 Å². The summed E-state index contributed by atoms with van der Waals surface area (Å²) in [7, 11) is 0. The highest BCUT2D eigenvalue weighted by atomic mass is 16.7. The van der Waals surface area contributed by atoms with Crippen molar-refractivity contribution in [3.8, 4) is 11.5 Å². The van der Waals surface area contributed by atoms with E-state index in [2.05, 4.69) is 10.6 Å². The summed E-state index contributed by atoms with van der Waals surface area (Å²) in [6.07, 6.45) is -0.729. The van der Waals surface area contributed by atoms with Crippen molar-refractivity contribution in [3.05, 3.63) is 57.6 Å². The Labute approximate surface area is 130 Å². The highest BCUT2D eigenvalue weighted by Gasteiger charge is 2.32. The van der Waals surface area contributed by atoms with Gasteiger partial charge in [-0.3, -0.25) is 14.9 Å². The zero-order chi connectivity index (χ0) is 16.0. The van der Waals surface area contributed by atoms with E-state index in [4.69, 9.17) is 9.47 Å². The minimum atomic E-state index is -0.729. The zero-order valence-corrected chi connectivity index (χ0v) is 11.7. The number of nitro benzene ring substituents is 1. The maximum Gasteiger partial charge on any atom is 0.280 e. The Morgan fingerprint density at radius 3 is 2.65 bits per heavy atom. The largest absolute Gasteiger partial charge is 0.454 e. The Morgan fingerprint density at radius 1 is 1.13 bits per heavy atom. The van der Waals surface area contributed by atoms with Gasteiger partial charge in [0.05, 0.1) is 22.1 Å². The third-order valence-corrected chi connectivity index (χ3v) is 3.78. The van der Waals surface area contributed by atoms with E-state index in [0.29, 0.717) is 28.3 Å². The molecule has 2 aliphatic rings. The number of rotatable bonds is 2. The molecule has 8 nitrogen and oxygen atoms in total. The highest BCUT2D eigenvalue weighted by Crippen LogP contribution is 2.41. The van der Waals surface area contributed by atoms with E-state index in [1.807, 2.05) is 0 Å². The summed E-state index contributed by atoms with van der Waals surface area (Å²) in [5.74, 6) is 0.444. The minimum Gasteiger partial charge on any atom is -0.454 e. The Morgan fingerprint density at radius 2 is 1.87 bits per heavy atom. The Bertz CT molecular complexity index is 836. The summed E-state index contributed by atoms with van der Waals surface area (Å²) in [6, 6.07) is 9.80. The SMILES string of the molecule is O=C1N[C@@H](c2cc3c(cc2[N+](=O)[O-])OCO3)Nc2ccccc21. The van der Waals surface area contributed by atoms with Gasteiger partial charge in [0.1, 0.15) is 6.17 Å². The number of amides is 1. The first-order chi connectivity index (χ1) is 11.1. The first-order valence-electron chi connectivity index (χ1n) is 6.88. The monoisotopic (exact) mass is 313 g/mol. The molecule has 23 heavy (non-hydrogen) atoms. The number of nitro groups is 1. The molecule has 0 unspecified atom stereocenters. The van der Waals surface area contributed by atoms with Crippen molar-refractivity contribution in [1.29, 1.82) is 0 Å². The summed E-state index contributed by atoms with van der Waals surface area (Å²) in [4.78, 5) is 23.1. The van der Waals surface area contributed by atoms with Crippen molar-refractivity contribution in [2.75, 3.05) is 12.1 Å². The molecule has 0 radical (unpaired) electrons. The lowest BCUT2D eigenvalue weighted by Gasteiger charge is -2.27. The molecule has 0 saturated heterocycles. The average molecular weight is 313 g/mol. The van der Waals surface area contributed by atoms with E-state index in [-0.39, 0.29) is 18.4 Å². The molecule has 4 rings (SSSR count). The lowest BCUT2D eigenvalue weighted by Crippen LogP contribution is -2.38. The van der Waals surface area contributed by atoms with Gasteiger partial charge in [-0.05, 0) is 18.2 Å². The van der Waals surface area contributed by atoms with Gasteiger partial charge in [0, 0.05) is 5.69 Å². The van der Waals surface area contributed by atoms with E-state index < -0.39 is 11.1 Å². The molecule has 1 amide bonds. The molecule has 2 aliphatic heterocycles. The van der Waals surface area contributed by atoms with Crippen LogP contribution in [0.4, 0.5) is 11.4 Å². The number of fused-ring (bicyclic) bond motifs is 2. The van der Waals surface area contributed by atoms with Crippen molar-refractivity contribution in [2.24, 2.45) is 0 Å². The fourth-order valence-corrected chi connectivity index (χ4v) is 2.70. The first kappa shape index (κ1) is 13.4. The number of anilines is 1. The van der Waals surface area contributed by atoms with Gasteiger partial charge in [-0.25, -0.2) is 0 Å². The smallest absolute Gasteiger partial charge is 0.280 e. The van der Waals surface area contributed by atoms with Crippen LogP contribution in [0.15, 0.2) is 36.4 Å². The predicted octanol–water partition coefficient (Wildman–Crippen LogP) is 2.18. The maximum atomic E-state index is 12.2. The molecule has 0 spiro atoms. The molecule has 2 heterocycles. The van der Waals surface area contributed by atoms with Gasteiger partial charge in [-0.1, -0.05) is 12.1 Å². The molecular weight excluding hydrogens is 302 g/mol. The third kappa shape index (κ3) is 2.11. The number of carbonyl (C=O) groups excluding carboxylic acids is 1. The van der Waals surface area contributed by atoms with Crippen LogP contribution in [0.25, 0.3) is 0 Å². The van der Waals surface area contributed by atoms with Crippen molar-refractivity contribution in [2.45, 2.75) is 6.17 Å². The van der Waals surface area contributed by atoms with Gasteiger partial charge in [-0.2, -0.15) is 0 Å². The van der Waals surface area contributed by atoms with Crippen molar-refractivity contribution < 1.29 is 19.2 Å². The lowest BCUT2D eigenvalue weighted by atomic mass is 10.0. The Kier molecular flexibility index (Phi) is 2.83. The van der Waals surface area contributed by atoms with Gasteiger partial charge in [-0.15, -0.1) is 0 Å². The van der Waals surface area contributed by atoms with E-state index in [9.17, 15) is 14.9 Å². The van der Waals surface area contributed by atoms with Crippen LogP contribution < -0.4 is 20.1 Å². The van der Waals surface area contributed by atoms with Crippen LogP contribution in [0.2, 0.25) is 0 Å². The summed E-state index contributed by atoms with van der Waals surface area (Å²) >= 11 is 0. The van der Waals surface area contributed by atoms with Crippen LogP contribution in [-0.4, -0.2) is 17.6 Å². The second-order valence-corrected chi connectivity index (χ2v) is 5.12. The number of hydrogen-bond acceptors (Lipinski definition) is 6. The zero-order valence-electron chi connectivity index (χ0n) is 11.7. The number of para-hydroxylation sites is 1. The van der Waals surface area contributed by atoms with Gasteiger partial charge in [0.2, 0.25) is 6.79 Å². The molecule has 0 bridgehead atoms. The molecule has 116 valence electrons. The summed E-state index contributed by atoms with van der Waals surface area (Å²) in [5, 5.41) is 17.2. The van der Waals surface area contributed by atoms with E-state index in [1.165, 1.54) is 12.1 Å². The van der Waals surface area contributed by atoms with Gasteiger partial charge in [0.15, 0.2) is 11.5 Å². The number of benzene rings is 2. The van der Waals surface area contributed by atoms with Crippen molar-refractivity contribution >= 4 is 17.3 Å². The summed E-state index contributed by atoms with van der Waals surface area (Å²) < 4.78 is 10.5. The molecule has 2 N–H and O–H groups in total. The fraction of sp³-hybridized carbons (Fsp3) is 0.133. The normalized spacial score (nSPS) is 17.9. The molecule has 0 aromatic heterocycles. The number of carbonyl (C=O) groups is 1. The molecule has 1 atom stereocenters. The molecular formula is C15H11N3O5. The molecule has 2 aromatic carbocycles. The second-order valence-electron chi connectivity index (χ2n) is 5.12. The maximum absolute atomic E-state index is 12.2. The van der Waals surface area contributed by atoms with E-state index in [0.717, 1.165) is 0 Å². The van der Waals surface area contributed by atoms with Crippen LogP contribution >= 0.6 is 0 Å². The number of nitrogens with one attached hydrogen (secondary N) is 2. The van der Waals surface area contributed by atoms with Gasteiger partial charge in [0.25, 0.3) is 11.6 Å². The lowest BCUT2D eigenvalue weighted by molar-refractivity contribution is -0.385. The Balaban J connectivity index is 1.80. The average Bonchev–Trinajstić information content (AvgIpc) is 3.01. The topological polar surface area (TPSA) is 103 Å². The van der Waals surface area contributed by atoms with Crippen LogP contribution in [0.5, 0.6) is 11.5 Å². The number of ether oxygens (including phenoxy) is 2. The standard InChI is InChI=1S/C15H11N3O5/c19-15-8-3-1-2-4-10(8)16-14(17-15)9-5-12-13(23-7-22-12)6-11(9)18(20)21/h1-6,14,16H,7H2,(H,17,19)/t14-/m0/s1. The van der Waals surface area contributed by atoms with Gasteiger partial charge >= 0.3 is 0 Å². The number of hydrogen-bond donors (Lipinski definition) is 2. The first-order valence-corrected chi connectivity index (χ1v) is 6.88. The van der Waals surface area contributed by atoms with E-state index in [1.54, 1.807) is 24.3 Å². The van der Waals surface area contributed by atoms with Crippen LogP contribution in [0.3, 0.4) is 0 Å².